The van der Waals surface area contributed by atoms with E-state index in [0.717, 1.165) is 5.56 Å². The van der Waals surface area contributed by atoms with E-state index in [1.165, 1.54) is 5.69 Å². The molecular weight excluding hydrogens is 148 g/mol. The van der Waals surface area contributed by atoms with E-state index in [1.807, 2.05) is 45.3 Å². The largest absolute Gasteiger partial charge is 0.378 e. The third-order valence-corrected chi connectivity index (χ3v) is 1.91. The Labute approximate surface area is 74.0 Å². The molecule has 1 aromatic carbocycles. The zero-order chi connectivity index (χ0) is 9.14. The molecule has 0 spiro atoms. The minimum absolute atomic E-state index is 0.124. The molecule has 12 heavy (non-hydrogen) atoms. The summed E-state index contributed by atoms with van der Waals surface area (Å²) in [6, 6.07) is 7.97. The maximum atomic E-state index is 7.48. The molecule has 0 fully saturated rings. The topological polar surface area (TPSA) is 27.0 Å². The predicted octanol–water partition coefficient (Wildman–Crippen LogP) is 2.10. The first-order chi connectivity index (χ1) is 5.61. The van der Waals surface area contributed by atoms with Crippen LogP contribution in [0.25, 0.3) is 0 Å². The summed E-state index contributed by atoms with van der Waals surface area (Å²) in [5.74, 6) is 0. The molecule has 0 aliphatic heterocycles. The van der Waals surface area contributed by atoms with Gasteiger partial charge in [0.25, 0.3) is 0 Å². The summed E-state index contributed by atoms with van der Waals surface area (Å²) < 4.78 is 0. The zero-order valence-electron chi connectivity index (χ0n) is 7.83. The number of anilines is 1. The van der Waals surface area contributed by atoms with Crippen LogP contribution in [-0.4, -0.2) is 14.1 Å². The summed E-state index contributed by atoms with van der Waals surface area (Å²) >= 11 is 0. The van der Waals surface area contributed by atoms with Gasteiger partial charge in [-0.2, -0.15) is 0 Å². The maximum Gasteiger partial charge on any atom is 0.0434 e. The third-order valence-electron chi connectivity index (χ3n) is 1.91. The summed E-state index contributed by atoms with van der Waals surface area (Å²) in [5, 5.41) is 0. The molecule has 1 atom stereocenters. The predicted molar refractivity (Wildman–Crippen MR) is 52.3 cm³/mol. The van der Waals surface area contributed by atoms with Crippen LogP contribution in [-0.2, 0) is 0 Å². The van der Waals surface area contributed by atoms with Crippen LogP contribution in [0, 0.1) is 0 Å². The second-order valence-electron chi connectivity index (χ2n) is 3.21. The Morgan fingerprint density at radius 3 is 2.00 bits per heavy atom. The van der Waals surface area contributed by atoms with Crippen LogP contribution in [0.4, 0.5) is 5.69 Å². The lowest BCUT2D eigenvalue weighted by Gasteiger charge is -2.13. The summed E-state index contributed by atoms with van der Waals surface area (Å²) in [5.41, 5.74) is 9.73. The molecule has 0 aliphatic carbocycles. The monoisotopic (exact) mass is 163 g/mol. The van der Waals surface area contributed by atoms with Crippen molar-refractivity contribution >= 4 is 5.69 Å². The van der Waals surface area contributed by atoms with Crippen LogP contribution in [0.2, 0.25) is 0 Å². The molecule has 0 amide bonds. The fourth-order valence-corrected chi connectivity index (χ4v) is 1.06. The van der Waals surface area contributed by atoms with Crippen molar-refractivity contribution in [3.8, 4) is 0 Å². The average Bonchev–Trinajstić information content (AvgIpc) is 2.04. The smallest absolute Gasteiger partial charge is 0.0434 e. The van der Waals surface area contributed by atoms with E-state index in [9.17, 15) is 0 Å². The highest BCUT2D eigenvalue weighted by molar-refractivity contribution is 5.46. The van der Waals surface area contributed by atoms with Crippen LogP contribution >= 0.6 is 0 Å². The maximum absolute atomic E-state index is 7.48. The Hall–Kier alpha value is -1.02. The standard InChI is InChI=1S/C10H15N2/c1-8(11)9-4-6-10(7-5-9)12(2)3/h4-8,11H,1-3H3. The quantitative estimate of drug-likeness (QED) is 0.656. The second kappa shape index (κ2) is 3.59. The van der Waals surface area contributed by atoms with Crippen LogP contribution in [0.3, 0.4) is 0 Å². The van der Waals surface area contributed by atoms with Crippen LogP contribution < -0.4 is 10.6 Å². The number of nitrogens with one attached hydrogen (secondary N) is 1. The van der Waals surface area contributed by atoms with Crippen LogP contribution in [0.1, 0.15) is 18.5 Å². The molecule has 2 heteroatoms. The summed E-state index contributed by atoms with van der Waals surface area (Å²) in [4.78, 5) is 2.05. The van der Waals surface area contributed by atoms with Crippen molar-refractivity contribution in [3.63, 3.8) is 0 Å². The second-order valence-corrected chi connectivity index (χ2v) is 3.21. The zero-order valence-corrected chi connectivity index (χ0v) is 7.83. The number of nitrogens with zero attached hydrogens (tertiary/aromatic N) is 1. The fraction of sp³-hybridized carbons (Fsp3) is 0.400. The molecule has 0 saturated carbocycles. The van der Waals surface area contributed by atoms with Gasteiger partial charge < -0.3 is 4.90 Å². The Morgan fingerprint density at radius 2 is 1.67 bits per heavy atom. The fourth-order valence-electron chi connectivity index (χ4n) is 1.06. The molecule has 0 saturated heterocycles. The molecule has 1 rings (SSSR count). The van der Waals surface area contributed by atoms with E-state index in [1.54, 1.807) is 0 Å². The van der Waals surface area contributed by atoms with E-state index in [0.29, 0.717) is 0 Å². The van der Waals surface area contributed by atoms with Crippen molar-refractivity contribution in [3.05, 3.63) is 29.8 Å². The third kappa shape index (κ3) is 1.98. The van der Waals surface area contributed by atoms with Crippen LogP contribution in [0.5, 0.6) is 0 Å². The Kier molecular flexibility index (Phi) is 2.71. The van der Waals surface area contributed by atoms with E-state index in [2.05, 4.69) is 4.90 Å². The lowest BCUT2D eigenvalue weighted by molar-refractivity contribution is 0.787. The van der Waals surface area contributed by atoms with Gasteiger partial charge in [-0.25, -0.2) is 0 Å². The highest BCUT2D eigenvalue weighted by atomic mass is 15.1. The van der Waals surface area contributed by atoms with Gasteiger partial charge in [0.2, 0.25) is 0 Å². The lowest BCUT2D eigenvalue weighted by Crippen LogP contribution is -2.08. The number of hydrogen-bond acceptors (Lipinski definition) is 1. The van der Waals surface area contributed by atoms with Gasteiger partial charge in [-0.1, -0.05) is 12.1 Å². The van der Waals surface area contributed by atoms with Crippen molar-refractivity contribution in [1.29, 1.82) is 0 Å². The van der Waals surface area contributed by atoms with Crippen molar-refractivity contribution in [2.45, 2.75) is 13.0 Å². The Morgan fingerprint density at radius 1 is 1.17 bits per heavy atom. The van der Waals surface area contributed by atoms with Gasteiger partial charge in [-0.05, 0) is 24.6 Å². The van der Waals surface area contributed by atoms with E-state index in [4.69, 9.17) is 5.73 Å². The van der Waals surface area contributed by atoms with Gasteiger partial charge >= 0.3 is 0 Å². The molecule has 0 heterocycles. The first kappa shape index (κ1) is 9.07. The number of rotatable bonds is 2. The molecule has 1 aromatic rings. The first-order valence-electron chi connectivity index (χ1n) is 4.09. The molecular formula is C10H15N2. The molecule has 0 bridgehead atoms. The summed E-state index contributed by atoms with van der Waals surface area (Å²) in [6.45, 7) is 1.88. The van der Waals surface area contributed by atoms with Crippen LogP contribution in [0.15, 0.2) is 24.3 Å². The normalized spacial score (nSPS) is 12.7. The van der Waals surface area contributed by atoms with Gasteiger partial charge in [0.15, 0.2) is 0 Å². The molecule has 1 N–H and O–H groups in total. The molecule has 65 valence electrons. The molecule has 2 nitrogen and oxygen atoms in total. The van der Waals surface area contributed by atoms with E-state index in [-0.39, 0.29) is 6.04 Å². The highest BCUT2D eigenvalue weighted by Gasteiger charge is 1.99. The Bertz CT molecular complexity index is 210. The average molecular weight is 163 g/mol. The number of hydrogen-bond donors (Lipinski definition) is 0. The minimum Gasteiger partial charge on any atom is -0.378 e. The van der Waals surface area contributed by atoms with Crippen molar-refractivity contribution in [2.75, 3.05) is 19.0 Å². The molecule has 0 aromatic heterocycles. The lowest BCUT2D eigenvalue weighted by atomic mass is 10.1. The van der Waals surface area contributed by atoms with Gasteiger partial charge in [0.05, 0.1) is 0 Å². The van der Waals surface area contributed by atoms with Crippen molar-refractivity contribution < 1.29 is 0 Å². The number of benzene rings is 1. The first-order valence-corrected chi connectivity index (χ1v) is 4.09. The summed E-state index contributed by atoms with van der Waals surface area (Å²) in [6.07, 6.45) is 0. The van der Waals surface area contributed by atoms with Gasteiger partial charge in [0, 0.05) is 25.8 Å². The van der Waals surface area contributed by atoms with E-state index >= 15 is 0 Å². The van der Waals surface area contributed by atoms with Crippen molar-refractivity contribution in [1.82, 2.24) is 5.73 Å². The van der Waals surface area contributed by atoms with Gasteiger partial charge in [0.1, 0.15) is 0 Å². The van der Waals surface area contributed by atoms with Gasteiger partial charge in [-0.15, -0.1) is 0 Å². The van der Waals surface area contributed by atoms with Crippen molar-refractivity contribution in [2.24, 2.45) is 0 Å². The summed E-state index contributed by atoms with van der Waals surface area (Å²) in [7, 11) is 4.03. The Balaban J connectivity index is 2.86. The molecule has 0 aliphatic rings. The minimum atomic E-state index is -0.124. The van der Waals surface area contributed by atoms with Gasteiger partial charge in [-0.3, -0.25) is 5.73 Å². The highest BCUT2D eigenvalue weighted by Crippen LogP contribution is 2.16. The van der Waals surface area contributed by atoms with E-state index < -0.39 is 0 Å². The molecule has 1 unspecified atom stereocenters. The molecule has 1 radical (unpaired) electrons. The SMILES string of the molecule is CC([NH])c1ccc(N(C)C)cc1.